The van der Waals surface area contributed by atoms with Crippen molar-refractivity contribution in [2.45, 2.75) is 29.3 Å². The van der Waals surface area contributed by atoms with Crippen molar-refractivity contribution in [1.82, 2.24) is 23.2 Å². The molecule has 0 bridgehead atoms. The number of thioether (sulfide) groups is 1. The van der Waals surface area contributed by atoms with E-state index in [0.29, 0.717) is 37.6 Å². The molecule has 3 aromatic heterocycles. The zero-order valence-corrected chi connectivity index (χ0v) is 18.8. The predicted octanol–water partition coefficient (Wildman–Crippen LogP) is 3.02. The van der Waals surface area contributed by atoms with Gasteiger partial charge in [-0.1, -0.05) is 17.8 Å². The van der Waals surface area contributed by atoms with Crippen molar-refractivity contribution in [3.63, 3.8) is 0 Å². The molecule has 0 atom stereocenters. The molecular formula is C21H23N5O3S2. The van der Waals surface area contributed by atoms with Gasteiger partial charge in [-0.3, -0.25) is 0 Å². The normalized spacial score (nSPS) is 15.8. The number of hydrogen-bond donors (Lipinski definition) is 0. The Balaban J connectivity index is 1.43. The second-order valence-corrected chi connectivity index (χ2v) is 10.2. The third kappa shape index (κ3) is 3.84. The zero-order valence-electron chi connectivity index (χ0n) is 17.1. The summed E-state index contributed by atoms with van der Waals surface area (Å²) in [6, 6.07) is 11.1. The molecule has 1 saturated heterocycles. The minimum absolute atomic E-state index is 0.277. The van der Waals surface area contributed by atoms with Crippen LogP contribution < -0.4 is 0 Å². The van der Waals surface area contributed by atoms with Crippen LogP contribution in [0.2, 0.25) is 0 Å². The molecule has 31 heavy (non-hydrogen) atoms. The number of sulfonamides is 1. The van der Waals surface area contributed by atoms with Gasteiger partial charge in [0, 0.05) is 37.8 Å². The lowest BCUT2D eigenvalue weighted by atomic mass is 10.3. The van der Waals surface area contributed by atoms with E-state index in [1.165, 1.54) is 4.31 Å². The molecule has 0 spiro atoms. The van der Waals surface area contributed by atoms with Gasteiger partial charge in [-0.2, -0.15) is 4.31 Å². The number of pyridine rings is 1. The summed E-state index contributed by atoms with van der Waals surface area (Å²) in [5.74, 6) is 0.684. The standard InChI is InChI=1S/C21H23N5O3S2/c1-2-26-19-7-6-17(31(27,28)25-9-11-29-12-10-25)13-18(19)23-21(26)30-15-16-14-24-8-4-3-5-20(24)22-16/h3-8,13-14H,2,9-12,15H2,1H3. The summed E-state index contributed by atoms with van der Waals surface area (Å²) in [6.07, 6.45) is 4.00. The van der Waals surface area contributed by atoms with E-state index in [1.807, 2.05) is 41.1 Å². The first-order chi connectivity index (χ1) is 15.1. The molecule has 1 fully saturated rings. The van der Waals surface area contributed by atoms with Gasteiger partial charge < -0.3 is 13.7 Å². The highest BCUT2D eigenvalue weighted by Crippen LogP contribution is 2.29. The maximum absolute atomic E-state index is 13.0. The van der Waals surface area contributed by atoms with Gasteiger partial charge in [0.2, 0.25) is 10.0 Å². The Morgan fingerprint density at radius 2 is 1.97 bits per heavy atom. The summed E-state index contributed by atoms with van der Waals surface area (Å²) >= 11 is 1.61. The molecule has 5 rings (SSSR count). The molecule has 0 amide bonds. The maximum atomic E-state index is 13.0. The Kier molecular flexibility index (Phi) is 5.47. The van der Waals surface area contributed by atoms with Crippen LogP contribution in [0.3, 0.4) is 0 Å². The van der Waals surface area contributed by atoms with E-state index in [9.17, 15) is 8.42 Å². The quantitative estimate of drug-likeness (QED) is 0.414. The van der Waals surface area contributed by atoms with Gasteiger partial charge in [-0.25, -0.2) is 18.4 Å². The Bertz CT molecular complexity index is 1310. The molecule has 1 aliphatic rings. The summed E-state index contributed by atoms with van der Waals surface area (Å²) in [5.41, 5.74) is 3.51. The molecule has 0 unspecified atom stereocenters. The summed E-state index contributed by atoms with van der Waals surface area (Å²) < 4.78 is 36.9. The molecule has 0 N–H and O–H groups in total. The lowest BCUT2D eigenvalue weighted by molar-refractivity contribution is 0.0730. The fourth-order valence-corrected chi connectivity index (χ4v) is 6.19. The van der Waals surface area contributed by atoms with Crippen LogP contribution in [-0.2, 0) is 27.1 Å². The van der Waals surface area contributed by atoms with Gasteiger partial charge in [0.25, 0.3) is 0 Å². The molecule has 1 aliphatic heterocycles. The monoisotopic (exact) mass is 457 g/mol. The Labute approximate surface area is 184 Å². The second-order valence-electron chi connectivity index (χ2n) is 7.29. The van der Waals surface area contributed by atoms with E-state index in [1.54, 1.807) is 23.9 Å². The predicted molar refractivity (Wildman–Crippen MR) is 120 cm³/mol. The van der Waals surface area contributed by atoms with E-state index in [0.717, 1.165) is 28.6 Å². The Hall–Kier alpha value is -2.40. The number of rotatable bonds is 6. The summed E-state index contributed by atoms with van der Waals surface area (Å²) in [4.78, 5) is 9.68. The van der Waals surface area contributed by atoms with Gasteiger partial charge in [-0.15, -0.1) is 0 Å². The van der Waals surface area contributed by atoms with Crippen LogP contribution in [0, 0.1) is 0 Å². The topological polar surface area (TPSA) is 81.7 Å². The third-order valence-corrected chi connectivity index (χ3v) is 8.28. The third-order valence-electron chi connectivity index (χ3n) is 5.37. The van der Waals surface area contributed by atoms with Crippen LogP contribution in [0.15, 0.2) is 58.8 Å². The van der Waals surface area contributed by atoms with E-state index in [4.69, 9.17) is 9.72 Å². The molecule has 162 valence electrons. The molecule has 0 radical (unpaired) electrons. The minimum atomic E-state index is -3.55. The number of aryl methyl sites for hydroxylation is 1. The first-order valence-electron chi connectivity index (χ1n) is 10.2. The Morgan fingerprint density at radius 1 is 1.13 bits per heavy atom. The Morgan fingerprint density at radius 3 is 2.74 bits per heavy atom. The number of benzene rings is 1. The molecule has 0 aliphatic carbocycles. The number of aromatic nitrogens is 4. The van der Waals surface area contributed by atoms with Gasteiger partial charge >= 0.3 is 0 Å². The average Bonchev–Trinajstić information content (AvgIpc) is 3.38. The highest BCUT2D eigenvalue weighted by Gasteiger charge is 2.27. The van der Waals surface area contributed by atoms with Crippen molar-refractivity contribution in [2.75, 3.05) is 26.3 Å². The minimum Gasteiger partial charge on any atom is -0.379 e. The van der Waals surface area contributed by atoms with Crippen LogP contribution >= 0.6 is 11.8 Å². The van der Waals surface area contributed by atoms with E-state index >= 15 is 0 Å². The van der Waals surface area contributed by atoms with Crippen molar-refractivity contribution in [3.05, 3.63) is 54.5 Å². The molecule has 0 saturated carbocycles. The van der Waals surface area contributed by atoms with Crippen LogP contribution in [-0.4, -0.2) is 58.0 Å². The zero-order chi connectivity index (χ0) is 21.4. The molecule has 10 heteroatoms. The second kappa shape index (κ2) is 8.27. The lowest BCUT2D eigenvalue weighted by Gasteiger charge is -2.26. The van der Waals surface area contributed by atoms with Gasteiger partial charge in [0.15, 0.2) is 5.16 Å². The van der Waals surface area contributed by atoms with Crippen molar-refractivity contribution in [2.24, 2.45) is 0 Å². The van der Waals surface area contributed by atoms with Crippen molar-refractivity contribution < 1.29 is 13.2 Å². The number of imidazole rings is 2. The summed E-state index contributed by atoms with van der Waals surface area (Å²) in [5, 5.41) is 0.857. The van der Waals surface area contributed by atoms with Crippen LogP contribution in [0.25, 0.3) is 16.7 Å². The van der Waals surface area contributed by atoms with Crippen molar-refractivity contribution in [3.8, 4) is 0 Å². The molecule has 4 aromatic rings. The van der Waals surface area contributed by atoms with Gasteiger partial charge in [0.05, 0.1) is 34.8 Å². The van der Waals surface area contributed by atoms with E-state index in [-0.39, 0.29) is 4.90 Å². The highest BCUT2D eigenvalue weighted by molar-refractivity contribution is 7.98. The van der Waals surface area contributed by atoms with Crippen LogP contribution in [0.5, 0.6) is 0 Å². The largest absolute Gasteiger partial charge is 0.379 e. The number of nitrogens with zero attached hydrogens (tertiary/aromatic N) is 5. The summed E-state index contributed by atoms with van der Waals surface area (Å²) in [6.45, 7) is 4.42. The fraction of sp³-hybridized carbons (Fsp3) is 0.333. The van der Waals surface area contributed by atoms with E-state index < -0.39 is 10.0 Å². The first kappa shape index (κ1) is 20.5. The molecule has 4 heterocycles. The van der Waals surface area contributed by atoms with Crippen molar-refractivity contribution in [1.29, 1.82) is 0 Å². The highest BCUT2D eigenvalue weighted by atomic mass is 32.2. The maximum Gasteiger partial charge on any atom is 0.243 e. The van der Waals surface area contributed by atoms with Crippen LogP contribution in [0.4, 0.5) is 0 Å². The smallest absolute Gasteiger partial charge is 0.243 e. The average molecular weight is 458 g/mol. The molecular weight excluding hydrogens is 434 g/mol. The molecule has 1 aromatic carbocycles. The number of morpholine rings is 1. The van der Waals surface area contributed by atoms with E-state index in [2.05, 4.69) is 16.5 Å². The number of fused-ring (bicyclic) bond motifs is 2. The van der Waals surface area contributed by atoms with Gasteiger partial charge in [0.1, 0.15) is 5.65 Å². The molecule has 8 nitrogen and oxygen atoms in total. The van der Waals surface area contributed by atoms with Crippen molar-refractivity contribution >= 4 is 38.5 Å². The first-order valence-corrected chi connectivity index (χ1v) is 12.6. The van der Waals surface area contributed by atoms with Gasteiger partial charge in [-0.05, 0) is 37.3 Å². The summed E-state index contributed by atoms with van der Waals surface area (Å²) in [7, 11) is -3.55. The lowest BCUT2D eigenvalue weighted by Crippen LogP contribution is -2.40. The number of ether oxygens (including phenoxy) is 1. The fourth-order valence-electron chi connectivity index (χ4n) is 3.79. The van der Waals surface area contributed by atoms with Crippen LogP contribution in [0.1, 0.15) is 12.6 Å². The SMILES string of the molecule is CCn1c(SCc2cn3ccccc3n2)nc2cc(S(=O)(=O)N3CCOCC3)ccc21. The number of hydrogen-bond acceptors (Lipinski definition) is 6.